The van der Waals surface area contributed by atoms with Crippen molar-refractivity contribution in [3.63, 3.8) is 0 Å². The summed E-state index contributed by atoms with van der Waals surface area (Å²) in [5, 5.41) is 0. The fourth-order valence-corrected chi connectivity index (χ4v) is 0.752. The summed E-state index contributed by atoms with van der Waals surface area (Å²) in [5.41, 5.74) is 2.30. The Morgan fingerprint density at radius 2 is 1.70 bits per heavy atom. The lowest BCUT2D eigenvalue weighted by molar-refractivity contribution is 1.44. The van der Waals surface area contributed by atoms with Crippen molar-refractivity contribution >= 4 is 0 Å². The van der Waals surface area contributed by atoms with Crippen LogP contribution in [-0.4, -0.2) is 0 Å². The molecular formula is C10H14. The molecule has 0 heteroatoms. The average molecular weight is 134 g/mol. The zero-order valence-electron chi connectivity index (χ0n) is 6.72. The van der Waals surface area contributed by atoms with E-state index in [0.29, 0.717) is 0 Å². The summed E-state index contributed by atoms with van der Waals surface area (Å²) in [6.45, 7) is 11.4. The maximum absolute atomic E-state index is 3.67. The summed E-state index contributed by atoms with van der Waals surface area (Å²) in [4.78, 5) is 0. The lowest BCUT2D eigenvalue weighted by Gasteiger charge is -1.95. The van der Waals surface area contributed by atoms with Crippen molar-refractivity contribution in [1.82, 2.24) is 0 Å². The molecule has 0 nitrogen and oxygen atoms in total. The van der Waals surface area contributed by atoms with Crippen LogP contribution in [0.4, 0.5) is 0 Å². The van der Waals surface area contributed by atoms with Crippen molar-refractivity contribution < 1.29 is 0 Å². The molecule has 0 aliphatic rings. The molecule has 0 spiro atoms. The van der Waals surface area contributed by atoms with Crippen LogP contribution in [0.25, 0.3) is 0 Å². The van der Waals surface area contributed by atoms with Gasteiger partial charge in [-0.25, -0.2) is 0 Å². The third-order valence-corrected chi connectivity index (χ3v) is 1.31. The van der Waals surface area contributed by atoms with Crippen LogP contribution in [0.2, 0.25) is 0 Å². The van der Waals surface area contributed by atoms with E-state index in [1.54, 1.807) is 0 Å². The summed E-state index contributed by atoms with van der Waals surface area (Å²) in [7, 11) is 0. The molecule has 0 aliphatic carbocycles. The minimum absolute atomic E-state index is 1.10. The summed E-state index contributed by atoms with van der Waals surface area (Å²) < 4.78 is 0. The first-order valence-electron chi connectivity index (χ1n) is 3.34. The topological polar surface area (TPSA) is 0 Å². The highest BCUT2D eigenvalue weighted by Crippen LogP contribution is 2.06. The SMILES string of the molecule is C=CC(C=C)=C(C)/C=C\C. The van der Waals surface area contributed by atoms with Crippen molar-refractivity contribution in [2.24, 2.45) is 0 Å². The molecule has 0 bridgehead atoms. The minimum Gasteiger partial charge on any atom is -0.0985 e. The molecule has 0 aromatic rings. The fraction of sp³-hybridized carbons (Fsp3) is 0.200. The molecule has 0 saturated carbocycles. The maximum atomic E-state index is 3.67. The summed E-state index contributed by atoms with van der Waals surface area (Å²) in [5.74, 6) is 0. The van der Waals surface area contributed by atoms with Gasteiger partial charge in [0.15, 0.2) is 0 Å². The van der Waals surface area contributed by atoms with E-state index in [-0.39, 0.29) is 0 Å². The van der Waals surface area contributed by atoms with Crippen LogP contribution in [0.3, 0.4) is 0 Å². The minimum atomic E-state index is 1.10. The molecule has 0 amide bonds. The van der Waals surface area contributed by atoms with Crippen LogP contribution < -0.4 is 0 Å². The van der Waals surface area contributed by atoms with Gasteiger partial charge in [-0.05, 0) is 25.0 Å². The first-order valence-corrected chi connectivity index (χ1v) is 3.34. The van der Waals surface area contributed by atoms with Crippen LogP contribution in [0.1, 0.15) is 13.8 Å². The Labute approximate surface area is 63.3 Å². The zero-order chi connectivity index (χ0) is 7.98. The van der Waals surface area contributed by atoms with Crippen molar-refractivity contribution in [3.05, 3.63) is 48.6 Å². The number of allylic oxidation sites excluding steroid dienone is 6. The summed E-state index contributed by atoms with van der Waals surface area (Å²) in [6, 6.07) is 0. The Kier molecular flexibility index (Phi) is 4.30. The second-order valence-corrected chi connectivity index (χ2v) is 2.05. The van der Waals surface area contributed by atoms with Gasteiger partial charge in [0.25, 0.3) is 0 Å². The Morgan fingerprint density at radius 3 is 2.00 bits per heavy atom. The Morgan fingerprint density at radius 1 is 1.20 bits per heavy atom. The second-order valence-electron chi connectivity index (χ2n) is 2.05. The normalized spacial score (nSPS) is 9.40. The zero-order valence-corrected chi connectivity index (χ0v) is 6.72. The third-order valence-electron chi connectivity index (χ3n) is 1.31. The van der Waals surface area contributed by atoms with Gasteiger partial charge in [-0.2, -0.15) is 0 Å². The highest BCUT2D eigenvalue weighted by Gasteiger charge is 1.86. The molecule has 0 atom stereocenters. The van der Waals surface area contributed by atoms with Gasteiger partial charge in [0.1, 0.15) is 0 Å². The number of rotatable bonds is 3. The maximum Gasteiger partial charge on any atom is -0.0239 e. The molecule has 0 heterocycles. The molecule has 10 heavy (non-hydrogen) atoms. The predicted molar refractivity (Wildman–Crippen MR) is 47.9 cm³/mol. The number of hydrogen-bond acceptors (Lipinski definition) is 0. The van der Waals surface area contributed by atoms with E-state index in [9.17, 15) is 0 Å². The lowest BCUT2D eigenvalue weighted by Crippen LogP contribution is -1.75. The van der Waals surface area contributed by atoms with Gasteiger partial charge in [-0.3, -0.25) is 0 Å². The molecule has 0 aliphatic heterocycles. The molecule has 0 aromatic heterocycles. The summed E-state index contributed by atoms with van der Waals surface area (Å²) in [6.07, 6.45) is 7.66. The third kappa shape index (κ3) is 2.49. The van der Waals surface area contributed by atoms with E-state index in [1.165, 1.54) is 5.57 Å². The van der Waals surface area contributed by atoms with Crippen LogP contribution in [0.5, 0.6) is 0 Å². The van der Waals surface area contributed by atoms with E-state index in [4.69, 9.17) is 0 Å². The highest BCUT2D eigenvalue weighted by molar-refractivity contribution is 5.37. The molecular weight excluding hydrogens is 120 g/mol. The molecule has 0 fully saturated rings. The predicted octanol–water partition coefficient (Wildman–Crippen LogP) is 3.25. The van der Waals surface area contributed by atoms with Crippen LogP contribution in [0.15, 0.2) is 48.6 Å². The first-order chi connectivity index (χ1) is 4.76. The van der Waals surface area contributed by atoms with Gasteiger partial charge in [0.05, 0.1) is 0 Å². The molecule has 0 N–H and O–H groups in total. The van der Waals surface area contributed by atoms with Gasteiger partial charge < -0.3 is 0 Å². The van der Waals surface area contributed by atoms with Gasteiger partial charge in [0.2, 0.25) is 0 Å². The quantitative estimate of drug-likeness (QED) is 0.520. The Bertz CT molecular complexity index is 170. The summed E-state index contributed by atoms with van der Waals surface area (Å²) >= 11 is 0. The monoisotopic (exact) mass is 134 g/mol. The van der Waals surface area contributed by atoms with Crippen molar-refractivity contribution in [1.29, 1.82) is 0 Å². The Balaban J connectivity index is 4.58. The van der Waals surface area contributed by atoms with E-state index in [1.807, 2.05) is 38.2 Å². The van der Waals surface area contributed by atoms with Crippen LogP contribution in [-0.2, 0) is 0 Å². The fourth-order valence-electron chi connectivity index (χ4n) is 0.752. The van der Waals surface area contributed by atoms with E-state index < -0.39 is 0 Å². The molecule has 0 aromatic carbocycles. The van der Waals surface area contributed by atoms with Crippen LogP contribution >= 0.6 is 0 Å². The average Bonchev–Trinajstić information content (AvgIpc) is 1.91. The van der Waals surface area contributed by atoms with E-state index >= 15 is 0 Å². The van der Waals surface area contributed by atoms with Crippen molar-refractivity contribution in [2.45, 2.75) is 13.8 Å². The second kappa shape index (κ2) is 4.80. The van der Waals surface area contributed by atoms with Crippen LogP contribution in [0, 0.1) is 0 Å². The van der Waals surface area contributed by atoms with Gasteiger partial charge in [-0.15, -0.1) is 0 Å². The molecule has 0 rings (SSSR count). The largest absolute Gasteiger partial charge is 0.0985 e. The van der Waals surface area contributed by atoms with Crippen molar-refractivity contribution in [2.75, 3.05) is 0 Å². The lowest BCUT2D eigenvalue weighted by atomic mass is 10.1. The van der Waals surface area contributed by atoms with E-state index in [2.05, 4.69) is 13.2 Å². The standard InChI is InChI=1S/C10H14/c1-5-8-9(4)10(6-2)7-3/h5-8H,2-3H2,1,4H3/b8-5-. The highest BCUT2D eigenvalue weighted by atomic mass is 13.9. The molecule has 0 saturated heterocycles. The molecule has 54 valence electrons. The first kappa shape index (κ1) is 8.96. The molecule has 0 radical (unpaired) electrons. The number of hydrogen-bond donors (Lipinski definition) is 0. The van der Waals surface area contributed by atoms with Crippen molar-refractivity contribution in [3.8, 4) is 0 Å². The van der Waals surface area contributed by atoms with E-state index in [0.717, 1.165) is 5.57 Å². The van der Waals surface area contributed by atoms with Gasteiger partial charge >= 0.3 is 0 Å². The molecule has 0 unspecified atom stereocenters. The Hall–Kier alpha value is -1.04. The van der Waals surface area contributed by atoms with Gasteiger partial charge in [0, 0.05) is 0 Å². The smallest absolute Gasteiger partial charge is 0.0239 e. The van der Waals surface area contributed by atoms with Gasteiger partial charge in [-0.1, -0.05) is 37.5 Å².